The molecule has 3 rings (SSSR count). The zero-order valence-corrected chi connectivity index (χ0v) is 25.2. The highest BCUT2D eigenvalue weighted by Crippen LogP contribution is 2.22. The van der Waals surface area contributed by atoms with Crippen molar-refractivity contribution in [1.29, 1.82) is 5.26 Å². The van der Waals surface area contributed by atoms with Crippen LogP contribution >= 0.6 is 0 Å². The third kappa shape index (κ3) is 11.5. The van der Waals surface area contributed by atoms with Crippen LogP contribution < -0.4 is 4.74 Å². The lowest BCUT2D eigenvalue weighted by Crippen LogP contribution is -2.09. The fourth-order valence-corrected chi connectivity index (χ4v) is 5.06. The second-order valence-corrected chi connectivity index (χ2v) is 11.1. The molecule has 1 aromatic heterocycles. The Kier molecular flexibility index (Phi) is 14.6. The van der Waals surface area contributed by atoms with Gasteiger partial charge in [0.2, 0.25) is 0 Å². The average molecular weight is 554 g/mol. The first-order valence-corrected chi connectivity index (χ1v) is 15.8. The third-order valence-corrected chi connectivity index (χ3v) is 7.61. The van der Waals surface area contributed by atoms with E-state index in [9.17, 15) is 10.1 Å². The number of aryl methyl sites for hydroxylation is 2. The van der Waals surface area contributed by atoms with Gasteiger partial charge in [-0.05, 0) is 73.2 Å². The van der Waals surface area contributed by atoms with Crippen LogP contribution in [-0.2, 0) is 12.8 Å². The van der Waals surface area contributed by atoms with Crippen LogP contribution in [0.2, 0.25) is 0 Å². The Morgan fingerprint density at radius 1 is 0.732 bits per heavy atom. The quantitative estimate of drug-likeness (QED) is 0.0839. The van der Waals surface area contributed by atoms with Crippen molar-refractivity contribution >= 4 is 5.97 Å². The van der Waals surface area contributed by atoms with Gasteiger partial charge in [0.25, 0.3) is 0 Å². The van der Waals surface area contributed by atoms with E-state index in [-0.39, 0.29) is 0 Å². The molecule has 0 aliphatic carbocycles. The normalized spacial score (nSPS) is 10.9. The van der Waals surface area contributed by atoms with E-state index in [1.54, 1.807) is 24.3 Å². The van der Waals surface area contributed by atoms with Crippen molar-refractivity contribution in [1.82, 2.24) is 9.97 Å². The van der Waals surface area contributed by atoms with E-state index in [0.29, 0.717) is 22.7 Å². The first-order chi connectivity index (χ1) is 20.1. The number of carbonyl (C=O) groups is 1. The molecule has 41 heavy (non-hydrogen) atoms. The van der Waals surface area contributed by atoms with E-state index >= 15 is 0 Å². The van der Waals surface area contributed by atoms with Crippen LogP contribution in [0.25, 0.3) is 11.4 Å². The maximum Gasteiger partial charge on any atom is 0.343 e. The largest absolute Gasteiger partial charge is 0.423 e. The lowest BCUT2D eigenvalue weighted by molar-refractivity contribution is 0.0734. The van der Waals surface area contributed by atoms with Crippen LogP contribution in [0.4, 0.5) is 0 Å². The van der Waals surface area contributed by atoms with Gasteiger partial charge in [0.1, 0.15) is 5.75 Å². The molecule has 0 bridgehead atoms. The second kappa shape index (κ2) is 18.8. The Labute approximate surface area is 247 Å². The Bertz CT molecular complexity index is 1210. The van der Waals surface area contributed by atoms with E-state index < -0.39 is 5.97 Å². The van der Waals surface area contributed by atoms with Gasteiger partial charge in [-0.3, -0.25) is 0 Å². The Morgan fingerprint density at radius 3 is 1.88 bits per heavy atom. The Hall–Kier alpha value is -3.52. The van der Waals surface area contributed by atoms with Crippen molar-refractivity contribution in [2.45, 2.75) is 117 Å². The summed E-state index contributed by atoms with van der Waals surface area (Å²) in [5, 5.41) is 9.63. The fraction of sp³-hybridized carbons (Fsp3) is 0.500. The van der Waals surface area contributed by atoms with E-state index in [0.717, 1.165) is 30.4 Å². The van der Waals surface area contributed by atoms with Crippen molar-refractivity contribution in [2.24, 2.45) is 0 Å². The summed E-state index contributed by atoms with van der Waals surface area (Å²) in [4.78, 5) is 21.9. The van der Waals surface area contributed by atoms with Crippen LogP contribution in [0.5, 0.6) is 5.75 Å². The molecule has 0 fully saturated rings. The number of esters is 1. The topological polar surface area (TPSA) is 75.9 Å². The highest BCUT2D eigenvalue weighted by molar-refractivity contribution is 5.91. The summed E-state index contributed by atoms with van der Waals surface area (Å²) >= 11 is 0. The summed E-state index contributed by atoms with van der Waals surface area (Å²) in [5.41, 5.74) is 3.96. The molecule has 0 amide bonds. The lowest BCUT2D eigenvalue weighted by Gasteiger charge is -2.09. The van der Waals surface area contributed by atoms with E-state index in [1.165, 1.54) is 89.0 Å². The molecule has 0 unspecified atom stereocenters. The average Bonchev–Trinajstić information content (AvgIpc) is 3.01. The molecule has 5 heteroatoms. The zero-order valence-electron chi connectivity index (χ0n) is 25.2. The minimum atomic E-state index is -0.470. The van der Waals surface area contributed by atoms with Crippen LogP contribution in [-0.4, -0.2) is 15.9 Å². The number of nitrogens with zero attached hydrogens (tertiary/aromatic N) is 3. The monoisotopic (exact) mass is 553 g/mol. The second-order valence-electron chi connectivity index (χ2n) is 11.1. The van der Waals surface area contributed by atoms with Crippen molar-refractivity contribution in [2.75, 3.05) is 0 Å². The van der Waals surface area contributed by atoms with Gasteiger partial charge in [-0.2, -0.15) is 5.26 Å². The molecule has 218 valence electrons. The van der Waals surface area contributed by atoms with Gasteiger partial charge in [-0.25, -0.2) is 14.8 Å². The minimum Gasteiger partial charge on any atom is -0.423 e. The molecule has 0 atom stereocenters. The maximum absolute atomic E-state index is 12.8. The summed E-state index contributed by atoms with van der Waals surface area (Å²) in [7, 11) is 0. The number of ether oxygens (including phenoxy) is 1. The van der Waals surface area contributed by atoms with Gasteiger partial charge in [0, 0.05) is 18.0 Å². The van der Waals surface area contributed by atoms with Gasteiger partial charge in [0.15, 0.2) is 5.82 Å². The number of carbonyl (C=O) groups excluding carboxylic acids is 1. The summed E-state index contributed by atoms with van der Waals surface area (Å²) in [6, 6.07) is 14.8. The zero-order chi connectivity index (χ0) is 29.1. The predicted molar refractivity (Wildman–Crippen MR) is 167 cm³/mol. The molecule has 0 radical (unpaired) electrons. The van der Waals surface area contributed by atoms with E-state index in [2.05, 4.69) is 29.9 Å². The molecule has 0 saturated carbocycles. The summed E-state index contributed by atoms with van der Waals surface area (Å²) in [6.45, 7) is 4.47. The third-order valence-electron chi connectivity index (χ3n) is 7.61. The molecule has 0 spiro atoms. The standard InChI is InChI=1S/C36H47N3O2/c1-3-5-7-9-11-12-13-15-17-29-27-38-35(39-28-29)31-21-23-34(24-22-31)41-36(40)32-20-19-30(33(25-32)26-37)18-16-14-10-8-6-4-2/h19-25,27-28H,3-18H2,1-2H3. The van der Waals surface area contributed by atoms with Crippen molar-refractivity contribution < 1.29 is 9.53 Å². The Balaban J connectivity index is 1.46. The van der Waals surface area contributed by atoms with Crippen LogP contribution in [0.3, 0.4) is 0 Å². The van der Waals surface area contributed by atoms with E-state index in [1.807, 2.05) is 30.6 Å². The van der Waals surface area contributed by atoms with Crippen LogP contribution in [0.15, 0.2) is 54.9 Å². The van der Waals surface area contributed by atoms with E-state index in [4.69, 9.17) is 4.74 Å². The van der Waals surface area contributed by atoms with Gasteiger partial charge < -0.3 is 4.74 Å². The number of unbranched alkanes of at least 4 members (excludes halogenated alkanes) is 12. The van der Waals surface area contributed by atoms with Crippen LogP contribution in [0.1, 0.15) is 131 Å². The number of hydrogen-bond donors (Lipinski definition) is 0. The molecule has 0 aliphatic heterocycles. The summed E-state index contributed by atoms with van der Waals surface area (Å²) < 4.78 is 5.59. The van der Waals surface area contributed by atoms with Gasteiger partial charge in [-0.1, -0.05) is 97.0 Å². The molecule has 2 aromatic carbocycles. The number of rotatable bonds is 19. The number of benzene rings is 2. The first-order valence-electron chi connectivity index (χ1n) is 15.8. The molecule has 3 aromatic rings. The number of aromatic nitrogens is 2. The molecular formula is C36H47N3O2. The summed E-state index contributed by atoms with van der Waals surface area (Å²) in [6.07, 6.45) is 23.4. The van der Waals surface area contributed by atoms with Crippen LogP contribution in [0, 0.1) is 11.3 Å². The predicted octanol–water partition coefficient (Wildman–Crippen LogP) is 9.82. The highest BCUT2D eigenvalue weighted by atomic mass is 16.5. The van der Waals surface area contributed by atoms with Crippen molar-refractivity contribution in [3.63, 3.8) is 0 Å². The van der Waals surface area contributed by atoms with Gasteiger partial charge >= 0.3 is 5.97 Å². The molecule has 0 aliphatic rings. The van der Waals surface area contributed by atoms with Crippen molar-refractivity contribution in [3.05, 3.63) is 77.1 Å². The minimum absolute atomic E-state index is 0.382. The first kappa shape index (κ1) is 32.0. The smallest absolute Gasteiger partial charge is 0.343 e. The highest BCUT2D eigenvalue weighted by Gasteiger charge is 2.13. The number of hydrogen-bond acceptors (Lipinski definition) is 5. The van der Waals surface area contributed by atoms with Gasteiger partial charge in [0.05, 0.1) is 17.2 Å². The fourth-order valence-electron chi connectivity index (χ4n) is 5.06. The maximum atomic E-state index is 12.8. The van der Waals surface area contributed by atoms with Crippen molar-refractivity contribution in [3.8, 4) is 23.2 Å². The number of nitriles is 1. The SMILES string of the molecule is CCCCCCCCCCc1cnc(-c2ccc(OC(=O)c3ccc(CCCCCCCC)c(C#N)c3)cc2)nc1. The molecule has 1 heterocycles. The molecule has 0 saturated heterocycles. The van der Waals surface area contributed by atoms with Gasteiger partial charge in [-0.15, -0.1) is 0 Å². The molecule has 0 N–H and O–H groups in total. The Morgan fingerprint density at radius 2 is 1.29 bits per heavy atom. The lowest BCUT2D eigenvalue weighted by atomic mass is 9.99. The molecule has 5 nitrogen and oxygen atoms in total. The molecular weight excluding hydrogens is 506 g/mol. The summed E-state index contributed by atoms with van der Waals surface area (Å²) in [5.74, 6) is 0.629.